The number of aromatic nitrogens is 3. The zero-order valence-electron chi connectivity index (χ0n) is 18.0. The fourth-order valence-corrected chi connectivity index (χ4v) is 5.22. The quantitative estimate of drug-likeness (QED) is 0.478. The average molecular weight is 414 g/mol. The summed E-state index contributed by atoms with van der Waals surface area (Å²) in [4.78, 5) is 23.8. The van der Waals surface area contributed by atoms with E-state index in [0.717, 1.165) is 56.9 Å². The van der Waals surface area contributed by atoms with Gasteiger partial charge in [-0.05, 0) is 33.3 Å². The van der Waals surface area contributed by atoms with Crippen LogP contribution in [0.5, 0.6) is 0 Å². The van der Waals surface area contributed by atoms with Crippen LogP contribution in [0.4, 0.5) is 0 Å². The van der Waals surface area contributed by atoms with Gasteiger partial charge in [0.2, 0.25) is 0 Å². The van der Waals surface area contributed by atoms with Gasteiger partial charge < -0.3 is 4.74 Å². The van der Waals surface area contributed by atoms with Crippen molar-refractivity contribution in [3.63, 3.8) is 0 Å². The summed E-state index contributed by atoms with van der Waals surface area (Å²) in [5.41, 5.74) is 2.89. The first-order chi connectivity index (χ1) is 13.9. The molecular weight excluding hydrogens is 382 g/mol. The Balaban J connectivity index is 1.65. The zero-order valence-corrected chi connectivity index (χ0v) is 18.8. The molecule has 3 aromatic heterocycles. The molecule has 3 aromatic rings. The van der Waals surface area contributed by atoms with E-state index in [9.17, 15) is 4.79 Å². The number of rotatable bonds is 7. The number of hydrogen-bond donors (Lipinski definition) is 0. The van der Waals surface area contributed by atoms with E-state index in [2.05, 4.69) is 26.8 Å². The van der Waals surface area contributed by atoms with Crippen LogP contribution in [0.25, 0.3) is 20.4 Å². The largest absolute Gasteiger partial charge is 0.370 e. The fourth-order valence-electron chi connectivity index (χ4n) is 4.16. The van der Waals surface area contributed by atoms with Gasteiger partial charge in [0.15, 0.2) is 0 Å². The Kier molecular flexibility index (Phi) is 5.76. The molecule has 4 heterocycles. The Bertz CT molecular complexity index is 1100. The fraction of sp³-hybridized carbons (Fsp3) is 0.609. The van der Waals surface area contributed by atoms with Crippen molar-refractivity contribution >= 4 is 31.8 Å². The highest BCUT2D eigenvalue weighted by Crippen LogP contribution is 2.34. The monoisotopic (exact) mass is 413 g/mol. The maximum Gasteiger partial charge on any atom is 0.271 e. The molecular formula is C23H31N3O2S. The molecule has 0 unspecified atom stereocenters. The molecule has 0 aliphatic carbocycles. The standard InChI is InChI=1S/C23H31N3O2S/c1-5-6-7-8-9-10-11-26-15(2)24-19-17-12-16-14-28-23(3,4)13-18(16)25-21(17)29-20(19)22(26)27/h12H,5-11,13-14H2,1-4H3. The number of fused-ring (bicyclic) bond motifs is 4. The van der Waals surface area contributed by atoms with Crippen molar-refractivity contribution in [2.75, 3.05) is 0 Å². The molecule has 1 aliphatic heterocycles. The third-order valence-corrected chi connectivity index (χ3v) is 6.95. The highest BCUT2D eigenvalue weighted by molar-refractivity contribution is 7.25. The molecule has 0 saturated carbocycles. The van der Waals surface area contributed by atoms with Gasteiger partial charge in [-0.2, -0.15) is 0 Å². The van der Waals surface area contributed by atoms with Crippen LogP contribution in [-0.4, -0.2) is 20.1 Å². The van der Waals surface area contributed by atoms with E-state index < -0.39 is 0 Å². The Morgan fingerprint density at radius 1 is 1.17 bits per heavy atom. The van der Waals surface area contributed by atoms with Crippen LogP contribution in [0.15, 0.2) is 10.9 Å². The van der Waals surface area contributed by atoms with E-state index in [1.165, 1.54) is 43.4 Å². The van der Waals surface area contributed by atoms with Crippen molar-refractivity contribution in [3.05, 3.63) is 33.5 Å². The molecule has 0 atom stereocenters. The maximum atomic E-state index is 13.2. The van der Waals surface area contributed by atoms with E-state index in [1.54, 1.807) is 0 Å². The molecule has 0 amide bonds. The van der Waals surface area contributed by atoms with Crippen LogP contribution in [-0.2, 0) is 24.3 Å². The minimum Gasteiger partial charge on any atom is -0.370 e. The van der Waals surface area contributed by atoms with E-state index in [0.29, 0.717) is 6.61 Å². The smallest absolute Gasteiger partial charge is 0.271 e. The molecule has 29 heavy (non-hydrogen) atoms. The Hall–Kier alpha value is -1.79. The summed E-state index contributed by atoms with van der Waals surface area (Å²) in [5.74, 6) is 0.797. The Morgan fingerprint density at radius 2 is 1.93 bits per heavy atom. The number of ether oxygens (including phenoxy) is 1. The first-order valence-electron chi connectivity index (χ1n) is 10.9. The van der Waals surface area contributed by atoms with Crippen molar-refractivity contribution in [2.45, 2.75) is 91.4 Å². The SMILES string of the molecule is CCCCCCCCn1c(C)nc2c(sc3nc4c(cc32)COC(C)(C)C4)c1=O. The lowest BCUT2D eigenvalue weighted by atomic mass is 9.95. The van der Waals surface area contributed by atoms with Gasteiger partial charge in [-0.1, -0.05) is 39.0 Å². The molecule has 6 heteroatoms. The highest BCUT2D eigenvalue weighted by atomic mass is 32.1. The van der Waals surface area contributed by atoms with E-state index in [1.807, 2.05) is 11.5 Å². The Morgan fingerprint density at radius 3 is 2.72 bits per heavy atom. The number of unbranched alkanes of at least 4 members (excludes halogenated alkanes) is 5. The molecule has 0 fully saturated rings. The van der Waals surface area contributed by atoms with Gasteiger partial charge in [-0.25, -0.2) is 9.97 Å². The predicted octanol–water partition coefficient (Wildman–Crippen LogP) is 5.53. The lowest BCUT2D eigenvalue weighted by Crippen LogP contribution is -2.32. The lowest BCUT2D eigenvalue weighted by Gasteiger charge is -2.30. The van der Waals surface area contributed by atoms with Gasteiger partial charge in [0.1, 0.15) is 15.4 Å². The van der Waals surface area contributed by atoms with Crippen molar-refractivity contribution in [2.24, 2.45) is 0 Å². The van der Waals surface area contributed by atoms with Crippen molar-refractivity contribution in [3.8, 4) is 0 Å². The third kappa shape index (κ3) is 4.10. The summed E-state index contributed by atoms with van der Waals surface area (Å²) >= 11 is 1.49. The first-order valence-corrected chi connectivity index (χ1v) is 11.7. The molecule has 4 rings (SSSR count). The maximum absolute atomic E-state index is 13.2. The second-order valence-electron chi connectivity index (χ2n) is 8.84. The van der Waals surface area contributed by atoms with Gasteiger partial charge in [0.25, 0.3) is 5.56 Å². The summed E-state index contributed by atoms with van der Waals surface area (Å²) in [6, 6.07) is 2.13. The topological polar surface area (TPSA) is 57.0 Å². The molecule has 1 aliphatic rings. The molecule has 5 nitrogen and oxygen atoms in total. The molecule has 0 aromatic carbocycles. The van der Waals surface area contributed by atoms with Crippen LogP contribution in [0.2, 0.25) is 0 Å². The molecule has 0 bridgehead atoms. The molecule has 0 spiro atoms. The van der Waals surface area contributed by atoms with Crippen LogP contribution in [0.3, 0.4) is 0 Å². The number of aryl methyl sites for hydroxylation is 1. The molecule has 0 N–H and O–H groups in total. The van der Waals surface area contributed by atoms with Crippen LogP contribution < -0.4 is 5.56 Å². The summed E-state index contributed by atoms with van der Waals surface area (Å²) in [5, 5.41) is 0.985. The number of hydrogen-bond acceptors (Lipinski definition) is 5. The minimum atomic E-state index is -0.191. The Labute approximate surface area is 176 Å². The van der Waals surface area contributed by atoms with Crippen LogP contribution in [0, 0.1) is 6.92 Å². The summed E-state index contributed by atoms with van der Waals surface area (Å²) in [6.45, 7) is 9.68. The highest BCUT2D eigenvalue weighted by Gasteiger charge is 2.28. The summed E-state index contributed by atoms with van der Waals surface area (Å²) in [6.07, 6.45) is 8.08. The van der Waals surface area contributed by atoms with Crippen molar-refractivity contribution < 1.29 is 4.74 Å². The van der Waals surface area contributed by atoms with Gasteiger partial charge in [0.05, 0.1) is 23.4 Å². The van der Waals surface area contributed by atoms with Crippen LogP contribution >= 0.6 is 11.3 Å². The summed E-state index contributed by atoms with van der Waals surface area (Å²) in [7, 11) is 0. The van der Waals surface area contributed by atoms with E-state index in [-0.39, 0.29) is 11.2 Å². The zero-order chi connectivity index (χ0) is 20.6. The lowest BCUT2D eigenvalue weighted by molar-refractivity contribution is -0.0411. The average Bonchev–Trinajstić information content (AvgIpc) is 3.02. The van der Waals surface area contributed by atoms with Gasteiger partial charge in [0, 0.05) is 23.9 Å². The first kappa shape index (κ1) is 20.5. The molecule has 0 radical (unpaired) electrons. The minimum absolute atomic E-state index is 0.0820. The predicted molar refractivity (Wildman–Crippen MR) is 120 cm³/mol. The number of thiophene rings is 1. The van der Waals surface area contributed by atoms with Crippen molar-refractivity contribution in [1.82, 2.24) is 14.5 Å². The van der Waals surface area contributed by atoms with Crippen molar-refractivity contribution in [1.29, 1.82) is 0 Å². The summed E-state index contributed by atoms with van der Waals surface area (Å²) < 4.78 is 8.53. The second kappa shape index (κ2) is 8.15. The normalized spacial score (nSPS) is 15.9. The van der Waals surface area contributed by atoms with E-state index >= 15 is 0 Å². The van der Waals surface area contributed by atoms with Crippen LogP contribution in [0.1, 0.15) is 76.4 Å². The second-order valence-corrected chi connectivity index (χ2v) is 9.83. The molecule has 156 valence electrons. The number of nitrogens with zero attached hydrogens (tertiary/aromatic N) is 3. The number of pyridine rings is 1. The third-order valence-electron chi connectivity index (χ3n) is 5.88. The van der Waals surface area contributed by atoms with Gasteiger partial charge in [-0.15, -0.1) is 11.3 Å². The van der Waals surface area contributed by atoms with E-state index in [4.69, 9.17) is 14.7 Å². The van der Waals surface area contributed by atoms with Gasteiger partial charge >= 0.3 is 0 Å². The van der Waals surface area contributed by atoms with Gasteiger partial charge in [-0.3, -0.25) is 9.36 Å². The molecule has 0 saturated heterocycles.